The number of nitro groups is 1. The van der Waals surface area contributed by atoms with E-state index in [2.05, 4.69) is 30.3 Å². The molecule has 0 aliphatic carbocycles. The first-order valence-corrected chi connectivity index (χ1v) is 7.28. The Morgan fingerprint density at radius 1 is 1.00 bits per heavy atom. The predicted molar refractivity (Wildman–Crippen MR) is 90.7 cm³/mol. The molecule has 0 saturated carbocycles. The van der Waals surface area contributed by atoms with Crippen LogP contribution in [0.25, 0.3) is 10.8 Å². The summed E-state index contributed by atoms with van der Waals surface area (Å²) in [6.07, 6.45) is 0.701. The van der Waals surface area contributed by atoms with E-state index in [0.29, 0.717) is 24.5 Å². The molecule has 0 fully saturated rings. The van der Waals surface area contributed by atoms with Gasteiger partial charge >= 0.3 is 0 Å². The minimum Gasteiger partial charge on any atom is -0.491 e. The van der Waals surface area contributed by atoms with Crippen molar-refractivity contribution in [2.24, 2.45) is 0 Å². The van der Waals surface area contributed by atoms with Crippen molar-refractivity contribution in [2.75, 3.05) is 12.3 Å². The van der Waals surface area contributed by atoms with Crippen LogP contribution in [0.4, 0.5) is 11.4 Å². The highest BCUT2D eigenvalue weighted by Gasteiger charge is 2.10. The summed E-state index contributed by atoms with van der Waals surface area (Å²) >= 11 is 0. The number of rotatable bonds is 5. The lowest BCUT2D eigenvalue weighted by atomic mass is 10.1. The number of ether oxygens (including phenoxy) is 1. The number of nitrogens with zero attached hydrogens (tertiary/aromatic N) is 1. The zero-order valence-corrected chi connectivity index (χ0v) is 12.4. The van der Waals surface area contributed by atoms with Gasteiger partial charge in [-0.3, -0.25) is 10.1 Å². The number of fused-ring (bicyclic) bond motifs is 1. The maximum Gasteiger partial charge on any atom is 0.273 e. The molecule has 3 aromatic carbocycles. The Balaban J connectivity index is 1.68. The molecule has 0 radical (unpaired) electrons. The first-order chi connectivity index (χ1) is 11.1. The molecule has 0 bridgehead atoms. The van der Waals surface area contributed by atoms with Crippen LogP contribution in [0.15, 0.2) is 60.7 Å². The van der Waals surface area contributed by atoms with Gasteiger partial charge in [-0.15, -0.1) is 0 Å². The average molecular weight is 308 g/mol. The van der Waals surface area contributed by atoms with Gasteiger partial charge in [0.25, 0.3) is 5.69 Å². The maximum absolute atomic E-state index is 10.8. The van der Waals surface area contributed by atoms with Crippen LogP contribution in [0.3, 0.4) is 0 Å². The van der Waals surface area contributed by atoms with Crippen molar-refractivity contribution in [1.82, 2.24) is 0 Å². The fourth-order valence-corrected chi connectivity index (χ4v) is 2.43. The van der Waals surface area contributed by atoms with E-state index in [0.717, 1.165) is 5.56 Å². The second kappa shape index (κ2) is 6.36. The van der Waals surface area contributed by atoms with E-state index in [1.807, 2.05) is 12.1 Å². The Kier molecular flexibility index (Phi) is 4.10. The number of non-ortho nitro benzene ring substituents is 1. The van der Waals surface area contributed by atoms with Gasteiger partial charge in [0.2, 0.25) is 0 Å². The molecule has 0 aromatic heterocycles. The Bertz CT molecular complexity index is 862. The molecule has 3 aromatic rings. The van der Waals surface area contributed by atoms with Crippen molar-refractivity contribution >= 4 is 22.1 Å². The zero-order chi connectivity index (χ0) is 16.2. The monoisotopic (exact) mass is 308 g/mol. The van der Waals surface area contributed by atoms with E-state index in [1.54, 1.807) is 0 Å². The smallest absolute Gasteiger partial charge is 0.273 e. The summed E-state index contributed by atoms with van der Waals surface area (Å²) in [6.45, 7) is 0.406. The summed E-state index contributed by atoms with van der Waals surface area (Å²) in [6, 6.07) is 18.6. The summed E-state index contributed by atoms with van der Waals surface area (Å²) in [7, 11) is 0. The highest BCUT2D eigenvalue weighted by Crippen LogP contribution is 2.27. The number of benzene rings is 3. The highest BCUT2D eigenvalue weighted by molar-refractivity contribution is 5.82. The molecular formula is C18H16N2O3. The van der Waals surface area contributed by atoms with Gasteiger partial charge in [0, 0.05) is 12.5 Å². The van der Waals surface area contributed by atoms with Crippen molar-refractivity contribution in [2.45, 2.75) is 6.42 Å². The fraction of sp³-hybridized carbons (Fsp3) is 0.111. The number of nitro benzene ring substituents is 1. The molecule has 0 aliphatic heterocycles. The lowest BCUT2D eigenvalue weighted by Gasteiger charge is -2.09. The molecule has 23 heavy (non-hydrogen) atoms. The van der Waals surface area contributed by atoms with Crippen molar-refractivity contribution in [3.63, 3.8) is 0 Å². The highest BCUT2D eigenvalue weighted by atomic mass is 16.6. The van der Waals surface area contributed by atoms with Crippen molar-refractivity contribution in [1.29, 1.82) is 0 Å². The largest absolute Gasteiger partial charge is 0.491 e. The Morgan fingerprint density at radius 2 is 1.78 bits per heavy atom. The van der Waals surface area contributed by atoms with Crippen LogP contribution in [-0.4, -0.2) is 11.5 Å². The molecule has 0 unspecified atom stereocenters. The van der Waals surface area contributed by atoms with Crippen LogP contribution >= 0.6 is 0 Å². The van der Waals surface area contributed by atoms with Crippen LogP contribution in [-0.2, 0) is 6.42 Å². The number of hydrogen-bond acceptors (Lipinski definition) is 4. The molecule has 0 aliphatic rings. The van der Waals surface area contributed by atoms with Gasteiger partial charge in [0.1, 0.15) is 5.75 Å². The molecule has 0 atom stereocenters. The predicted octanol–water partition coefficient (Wildman–Crippen LogP) is 3.95. The minimum absolute atomic E-state index is 0.0279. The Hall–Kier alpha value is -3.08. The number of nitrogen functional groups attached to an aromatic ring is 1. The van der Waals surface area contributed by atoms with Crippen LogP contribution in [0.1, 0.15) is 5.56 Å². The van der Waals surface area contributed by atoms with Crippen LogP contribution in [0, 0.1) is 10.1 Å². The molecule has 0 spiro atoms. The lowest BCUT2D eigenvalue weighted by molar-refractivity contribution is -0.384. The van der Waals surface area contributed by atoms with Gasteiger partial charge in [0.15, 0.2) is 0 Å². The fourth-order valence-electron chi connectivity index (χ4n) is 2.43. The van der Waals surface area contributed by atoms with E-state index >= 15 is 0 Å². The van der Waals surface area contributed by atoms with E-state index in [9.17, 15) is 10.1 Å². The summed E-state index contributed by atoms with van der Waals surface area (Å²) in [5.74, 6) is 0.347. The van der Waals surface area contributed by atoms with E-state index < -0.39 is 4.92 Å². The van der Waals surface area contributed by atoms with Gasteiger partial charge in [-0.1, -0.05) is 42.5 Å². The van der Waals surface area contributed by atoms with Crippen molar-refractivity contribution < 1.29 is 9.66 Å². The standard InChI is InChI=1S/C18H16N2O3/c19-17-8-7-16(20(21)22)12-18(17)23-10-9-13-5-6-14-3-1-2-4-15(14)11-13/h1-8,11-12H,9-10,19H2. The zero-order valence-electron chi connectivity index (χ0n) is 12.4. The minimum atomic E-state index is -0.463. The number of nitrogens with two attached hydrogens (primary N) is 1. The van der Waals surface area contributed by atoms with Gasteiger partial charge in [0.05, 0.1) is 23.3 Å². The van der Waals surface area contributed by atoms with Gasteiger partial charge < -0.3 is 10.5 Å². The molecule has 5 nitrogen and oxygen atoms in total. The first kappa shape index (κ1) is 14.8. The van der Waals surface area contributed by atoms with Crippen LogP contribution in [0.5, 0.6) is 5.75 Å². The molecule has 0 amide bonds. The molecule has 0 saturated heterocycles. The van der Waals surface area contributed by atoms with Gasteiger partial charge in [-0.2, -0.15) is 0 Å². The summed E-state index contributed by atoms with van der Waals surface area (Å²) in [5, 5.41) is 13.2. The Labute approximate surface area is 133 Å². The third-order valence-corrected chi connectivity index (χ3v) is 3.67. The second-order valence-electron chi connectivity index (χ2n) is 5.26. The van der Waals surface area contributed by atoms with E-state index in [1.165, 1.54) is 29.0 Å². The third kappa shape index (κ3) is 3.40. The van der Waals surface area contributed by atoms with E-state index in [4.69, 9.17) is 10.5 Å². The lowest BCUT2D eigenvalue weighted by Crippen LogP contribution is -2.04. The second-order valence-corrected chi connectivity index (χ2v) is 5.26. The van der Waals surface area contributed by atoms with Crippen molar-refractivity contribution in [3.05, 3.63) is 76.3 Å². The van der Waals surface area contributed by atoms with E-state index in [-0.39, 0.29) is 5.69 Å². The molecule has 5 heteroatoms. The number of hydrogen-bond donors (Lipinski definition) is 1. The average Bonchev–Trinajstić information content (AvgIpc) is 2.56. The van der Waals surface area contributed by atoms with Gasteiger partial charge in [-0.05, 0) is 22.4 Å². The van der Waals surface area contributed by atoms with Crippen molar-refractivity contribution in [3.8, 4) is 5.75 Å². The van der Waals surface area contributed by atoms with Gasteiger partial charge in [-0.25, -0.2) is 0 Å². The SMILES string of the molecule is Nc1ccc([N+](=O)[O-])cc1OCCc1ccc2ccccc2c1. The molecule has 2 N–H and O–H groups in total. The normalized spacial score (nSPS) is 10.6. The molecule has 0 heterocycles. The molecule has 3 rings (SSSR count). The quantitative estimate of drug-likeness (QED) is 0.440. The summed E-state index contributed by atoms with van der Waals surface area (Å²) in [5.41, 5.74) is 7.31. The third-order valence-electron chi connectivity index (χ3n) is 3.67. The Morgan fingerprint density at radius 3 is 2.57 bits per heavy atom. The maximum atomic E-state index is 10.8. The summed E-state index contributed by atoms with van der Waals surface area (Å²) in [4.78, 5) is 10.3. The number of anilines is 1. The van der Waals surface area contributed by atoms with Crippen LogP contribution < -0.4 is 10.5 Å². The molecular weight excluding hydrogens is 292 g/mol. The first-order valence-electron chi connectivity index (χ1n) is 7.28. The topological polar surface area (TPSA) is 78.4 Å². The van der Waals surface area contributed by atoms with Crippen LogP contribution in [0.2, 0.25) is 0 Å². The summed E-state index contributed by atoms with van der Waals surface area (Å²) < 4.78 is 5.61. The molecule has 116 valence electrons.